The topological polar surface area (TPSA) is 41.1 Å². The van der Waals surface area contributed by atoms with Gasteiger partial charge in [-0.2, -0.15) is 0 Å². The molecule has 0 aliphatic heterocycles. The van der Waals surface area contributed by atoms with Gasteiger partial charge in [-0.05, 0) is 61.5 Å². The van der Waals surface area contributed by atoms with E-state index in [4.69, 9.17) is 0 Å². The first kappa shape index (κ1) is 18.2. The van der Waals surface area contributed by atoms with Crippen LogP contribution in [0.15, 0.2) is 29.2 Å². The fourth-order valence-corrected chi connectivity index (χ4v) is 3.82. The molecular weight excluding hydrogens is 304 g/mol. The van der Waals surface area contributed by atoms with Crippen molar-refractivity contribution in [1.29, 1.82) is 0 Å². The molecule has 1 saturated carbocycles. The summed E-state index contributed by atoms with van der Waals surface area (Å²) in [7, 11) is 0. The van der Waals surface area contributed by atoms with Gasteiger partial charge < -0.3 is 10.6 Å². The highest BCUT2D eigenvalue weighted by atomic mass is 32.2. The van der Waals surface area contributed by atoms with Crippen LogP contribution in [0.4, 0.5) is 10.5 Å². The van der Waals surface area contributed by atoms with Crippen molar-refractivity contribution in [3.05, 3.63) is 24.3 Å². The van der Waals surface area contributed by atoms with Gasteiger partial charge in [-0.3, -0.25) is 0 Å². The van der Waals surface area contributed by atoms with Gasteiger partial charge in [-0.1, -0.05) is 33.3 Å². The summed E-state index contributed by atoms with van der Waals surface area (Å²) in [6.45, 7) is 7.02. The fourth-order valence-electron chi connectivity index (χ4n) is 3.36. The largest absolute Gasteiger partial charge is 0.335 e. The van der Waals surface area contributed by atoms with E-state index >= 15 is 0 Å². The van der Waals surface area contributed by atoms with E-state index < -0.39 is 0 Å². The van der Waals surface area contributed by atoms with Gasteiger partial charge in [0.25, 0.3) is 0 Å². The summed E-state index contributed by atoms with van der Waals surface area (Å²) in [5.74, 6) is 0.784. The van der Waals surface area contributed by atoms with Gasteiger partial charge in [-0.25, -0.2) is 4.79 Å². The van der Waals surface area contributed by atoms with Gasteiger partial charge in [0.05, 0.1) is 0 Å². The zero-order chi connectivity index (χ0) is 16.9. The average molecular weight is 335 g/mol. The number of hydrogen-bond donors (Lipinski definition) is 2. The number of carbonyl (C=O) groups is 1. The Kier molecular flexibility index (Phi) is 6.40. The van der Waals surface area contributed by atoms with E-state index in [1.54, 1.807) is 11.8 Å². The lowest BCUT2D eigenvalue weighted by Crippen LogP contribution is -2.41. The minimum absolute atomic E-state index is 0.0820. The number of hydrogen-bond acceptors (Lipinski definition) is 2. The number of urea groups is 1. The second-order valence-corrected chi connectivity index (χ2v) is 8.10. The minimum atomic E-state index is -0.0820. The summed E-state index contributed by atoms with van der Waals surface area (Å²) in [5, 5.41) is 6.09. The van der Waals surface area contributed by atoms with Gasteiger partial charge >= 0.3 is 6.03 Å². The van der Waals surface area contributed by atoms with Crippen LogP contribution in [0, 0.1) is 11.3 Å². The SMILES string of the molecule is CCC(C)(C)C1CCC(NC(=O)Nc2cccc(SC)c2)CC1. The Balaban J connectivity index is 1.81. The van der Waals surface area contributed by atoms with Gasteiger partial charge in [-0.15, -0.1) is 11.8 Å². The number of nitrogens with one attached hydrogen (secondary N) is 2. The first-order valence-electron chi connectivity index (χ1n) is 8.66. The van der Waals surface area contributed by atoms with Gasteiger partial charge in [0.15, 0.2) is 0 Å². The predicted molar refractivity (Wildman–Crippen MR) is 100 cm³/mol. The van der Waals surface area contributed by atoms with Crippen LogP contribution in [0.3, 0.4) is 0 Å². The Labute approximate surface area is 145 Å². The van der Waals surface area contributed by atoms with E-state index in [0.717, 1.165) is 29.3 Å². The summed E-state index contributed by atoms with van der Waals surface area (Å²) in [6, 6.07) is 8.18. The number of carbonyl (C=O) groups excluding carboxylic acids is 1. The Bertz CT molecular complexity index is 522. The van der Waals surface area contributed by atoms with E-state index in [1.165, 1.54) is 19.3 Å². The van der Waals surface area contributed by atoms with Crippen LogP contribution >= 0.6 is 11.8 Å². The molecule has 23 heavy (non-hydrogen) atoms. The number of anilines is 1. The molecule has 2 N–H and O–H groups in total. The molecule has 0 saturated heterocycles. The van der Waals surface area contributed by atoms with Crippen LogP contribution in [-0.2, 0) is 0 Å². The first-order chi connectivity index (χ1) is 10.9. The summed E-state index contributed by atoms with van der Waals surface area (Å²) < 4.78 is 0. The summed E-state index contributed by atoms with van der Waals surface area (Å²) in [6.07, 6.45) is 7.87. The molecule has 0 spiro atoms. The third kappa shape index (κ3) is 5.17. The molecule has 128 valence electrons. The third-order valence-electron chi connectivity index (χ3n) is 5.41. The number of benzene rings is 1. The smallest absolute Gasteiger partial charge is 0.319 e. The highest BCUT2D eigenvalue weighted by Gasteiger charge is 2.32. The van der Waals surface area contributed by atoms with Crippen molar-refractivity contribution in [3.8, 4) is 0 Å². The van der Waals surface area contributed by atoms with Crippen molar-refractivity contribution in [1.82, 2.24) is 5.32 Å². The van der Waals surface area contributed by atoms with Crippen LogP contribution < -0.4 is 10.6 Å². The first-order valence-corrected chi connectivity index (χ1v) is 9.88. The number of rotatable bonds is 5. The summed E-state index contributed by atoms with van der Waals surface area (Å²) in [4.78, 5) is 13.3. The highest BCUT2D eigenvalue weighted by molar-refractivity contribution is 7.98. The predicted octanol–water partition coefficient (Wildman–Crippen LogP) is 5.53. The van der Waals surface area contributed by atoms with E-state index in [9.17, 15) is 4.79 Å². The molecule has 0 atom stereocenters. The Morgan fingerprint density at radius 2 is 1.96 bits per heavy atom. The molecule has 0 unspecified atom stereocenters. The molecule has 0 aromatic heterocycles. The lowest BCUT2D eigenvalue weighted by Gasteiger charge is -2.39. The zero-order valence-corrected chi connectivity index (χ0v) is 15.6. The van der Waals surface area contributed by atoms with E-state index in [1.807, 2.05) is 30.5 Å². The zero-order valence-electron chi connectivity index (χ0n) is 14.8. The molecule has 1 fully saturated rings. The molecule has 1 aromatic rings. The maximum atomic E-state index is 12.2. The normalized spacial score (nSPS) is 21.7. The standard InChI is InChI=1S/C19H30N2OS/c1-5-19(2,3)14-9-11-15(12-10-14)20-18(22)21-16-7-6-8-17(13-16)23-4/h6-8,13-15H,5,9-12H2,1-4H3,(H2,20,21,22). The molecule has 0 radical (unpaired) electrons. The molecule has 3 nitrogen and oxygen atoms in total. The van der Waals surface area contributed by atoms with Crippen LogP contribution in [0.1, 0.15) is 52.9 Å². The molecule has 2 rings (SSSR count). The maximum Gasteiger partial charge on any atom is 0.319 e. The van der Waals surface area contributed by atoms with Crippen LogP contribution in [-0.4, -0.2) is 18.3 Å². The summed E-state index contributed by atoms with van der Waals surface area (Å²) in [5.41, 5.74) is 1.28. The van der Waals surface area contributed by atoms with Crippen molar-refractivity contribution in [3.63, 3.8) is 0 Å². The molecule has 1 aliphatic carbocycles. The van der Waals surface area contributed by atoms with Crippen LogP contribution in [0.25, 0.3) is 0 Å². The molecule has 0 bridgehead atoms. The lowest BCUT2D eigenvalue weighted by molar-refractivity contribution is 0.139. The van der Waals surface area contributed by atoms with Gasteiger partial charge in [0.1, 0.15) is 0 Å². The number of amides is 2. The van der Waals surface area contributed by atoms with E-state index in [2.05, 4.69) is 31.4 Å². The molecule has 1 aromatic carbocycles. The van der Waals surface area contributed by atoms with Crippen LogP contribution in [0.2, 0.25) is 0 Å². The highest BCUT2D eigenvalue weighted by Crippen LogP contribution is 2.40. The average Bonchev–Trinajstić information content (AvgIpc) is 2.55. The molecule has 2 amide bonds. The second kappa shape index (κ2) is 8.09. The van der Waals surface area contributed by atoms with Gasteiger partial charge in [0.2, 0.25) is 0 Å². The lowest BCUT2D eigenvalue weighted by atomic mass is 9.69. The maximum absolute atomic E-state index is 12.2. The van der Waals surface area contributed by atoms with Crippen molar-refractivity contribution >= 4 is 23.5 Å². The van der Waals surface area contributed by atoms with Crippen molar-refractivity contribution in [2.75, 3.05) is 11.6 Å². The van der Waals surface area contributed by atoms with E-state index in [0.29, 0.717) is 11.5 Å². The molecule has 0 heterocycles. The number of thioether (sulfide) groups is 1. The quantitative estimate of drug-likeness (QED) is 0.696. The fraction of sp³-hybridized carbons (Fsp3) is 0.632. The Morgan fingerprint density at radius 1 is 1.26 bits per heavy atom. The van der Waals surface area contributed by atoms with Crippen molar-refractivity contribution < 1.29 is 4.79 Å². The van der Waals surface area contributed by atoms with Crippen molar-refractivity contribution in [2.24, 2.45) is 11.3 Å². The van der Waals surface area contributed by atoms with E-state index in [-0.39, 0.29) is 6.03 Å². The molecule has 4 heteroatoms. The summed E-state index contributed by atoms with van der Waals surface area (Å²) >= 11 is 1.68. The molecule has 1 aliphatic rings. The third-order valence-corrected chi connectivity index (χ3v) is 6.13. The second-order valence-electron chi connectivity index (χ2n) is 7.22. The van der Waals surface area contributed by atoms with Gasteiger partial charge in [0, 0.05) is 16.6 Å². The minimum Gasteiger partial charge on any atom is -0.335 e. The van der Waals surface area contributed by atoms with Crippen molar-refractivity contribution in [2.45, 2.75) is 63.8 Å². The van der Waals surface area contributed by atoms with Crippen LogP contribution in [0.5, 0.6) is 0 Å². The Hall–Kier alpha value is -1.16. The molecular formula is C19H30N2OS. The Morgan fingerprint density at radius 3 is 2.57 bits per heavy atom. The monoisotopic (exact) mass is 334 g/mol.